The molecule has 1 saturated carbocycles. The van der Waals surface area contributed by atoms with E-state index in [0.717, 1.165) is 6.42 Å². The molecule has 122 valence electrons. The molecule has 0 spiro atoms. The fourth-order valence-corrected chi connectivity index (χ4v) is 3.87. The van der Waals surface area contributed by atoms with Crippen molar-refractivity contribution in [2.75, 3.05) is 0 Å². The lowest BCUT2D eigenvalue weighted by molar-refractivity contribution is -0.0523. The quantitative estimate of drug-likeness (QED) is 0.566. The number of hydrogen-bond acceptors (Lipinski definition) is 3. The molecule has 1 atom stereocenters. The summed E-state index contributed by atoms with van der Waals surface area (Å²) in [5.74, 6) is 1.01. The van der Waals surface area contributed by atoms with Crippen LogP contribution in [0.15, 0.2) is 11.8 Å². The molecule has 3 nitrogen and oxygen atoms in total. The fraction of sp³-hybridized carbons (Fsp3) is 0.857. The molecule has 21 heavy (non-hydrogen) atoms. The highest BCUT2D eigenvalue weighted by Crippen LogP contribution is 2.38. The molecule has 0 amide bonds. The maximum atomic E-state index is 12.3. The molecule has 0 aromatic heterocycles. The Balaban J connectivity index is 1.98. The molecule has 0 heterocycles. The van der Waals surface area contributed by atoms with Gasteiger partial charge in [-0.05, 0) is 37.2 Å². The van der Waals surface area contributed by atoms with Gasteiger partial charge in [-0.3, -0.25) is 0 Å². The Bertz CT molecular complexity index is 476. The summed E-state index contributed by atoms with van der Waals surface area (Å²) in [6.07, 6.45) is 10.1. The molecule has 0 radical (unpaired) electrons. The van der Waals surface area contributed by atoms with E-state index in [9.17, 15) is 21.6 Å². The van der Waals surface area contributed by atoms with Crippen molar-refractivity contribution in [2.45, 2.75) is 63.3 Å². The second-order valence-corrected chi connectivity index (χ2v) is 7.48. The fourth-order valence-electron chi connectivity index (χ4n) is 3.34. The van der Waals surface area contributed by atoms with Crippen LogP contribution >= 0.6 is 0 Å². The highest BCUT2D eigenvalue weighted by molar-refractivity contribution is 7.87. The van der Waals surface area contributed by atoms with E-state index in [1.807, 2.05) is 0 Å². The predicted molar refractivity (Wildman–Crippen MR) is 72.7 cm³/mol. The van der Waals surface area contributed by atoms with Crippen LogP contribution < -0.4 is 0 Å². The molecule has 7 heteroatoms. The van der Waals surface area contributed by atoms with Crippen LogP contribution in [0.25, 0.3) is 0 Å². The molecule has 2 aliphatic carbocycles. The second-order valence-electron chi connectivity index (χ2n) is 5.94. The topological polar surface area (TPSA) is 43.4 Å². The van der Waals surface area contributed by atoms with Crippen molar-refractivity contribution in [3.8, 4) is 0 Å². The van der Waals surface area contributed by atoms with Gasteiger partial charge in [-0.1, -0.05) is 32.1 Å². The number of hydrogen-bond donors (Lipinski definition) is 0. The van der Waals surface area contributed by atoms with E-state index in [4.69, 9.17) is 0 Å². The van der Waals surface area contributed by atoms with Crippen LogP contribution in [0, 0.1) is 11.8 Å². The number of rotatable bonds is 3. The average molecular weight is 326 g/mol. The summed E-state index contributed by atoms with van der Waals surface area (Å²) in [5, 5.41) is 0. The number of allylic oxidation sites excluding steroid dienone is 2. The second kappa shape index (κ2) is 6.58. The van der Waals surface area contributed by atoms with Gasteiger partial charge in [-0.25, -0.2) is 0 Å². The Kier molecular flexibility index (Phi) is 5.22. The first-order valence-electron chi connectivity index (χ1n) is 7.49. The smallest absolute Gasteiger partial charge is 0.381 e. The van der Waals surface area contributed by atoms with Gasteiger partial charge < -0.3 is 4.18 Å². The van der Waals surface area contributed by atoms with Gasteiger partial charge in [-0.2, -0.15) is 21.6 Å². The molecular weight excluding hydrogens is 305 g/mol. The summed E-state index contributed by atoms with van der Waals surface area (Å²) in [4.78, 5) is 0. The summed E-state index contributed by atoms with van der Waals surface area (Å²) in [7, 11) is -5.52. The zero-order chi connectivity index (χ0) is 15.5. The van der Waals surface area contributed by atoms with Crippen molar-refractivity contribution in [3.05, 3.63) is 11.8 Å². The monoisotopic (exact) mass is 326 g/mol. The van der Waals surface area contributed by atoms with Crippen LogP contribution in [-0.2, 0) is 14.3 Å². The SMILES string of the molecule is O=S(=O)(OC1=CCC(C2CCCCC2)CCC1)C(F)(F)F. The van der Waals surface area contributed by atoms with Crippen molar-refractivity contribution < 1.29 is 25.8 Å². The van der Waals surface area contributed by atoms with Gasteiger partial charge in [0.1, 0.15) is 5.76 Å². The van der Waals surface area contributed by atoms with Crippen molar-refractivity contribution in [1.82, 2.24) is 0 Å². The number of halogens is 3. The van der Waals surface area contributed by atoms with Gasteiger partial charge in [0.2, 0.25) is 0 Å². The molecule has 2 aliphatic rings. The summed E-state index contributed by atoms with van der Waals surface area (Å²) in [6.45, 7) is 0. The lowest BCUT2D eigenvalue weighted by atomic mass is 9.77. The molecule has 2 rings (SSSR count). The van der Waals surface area contributed by atoms with Crippen LogP contribution in [0.4, 0.5) is 13.2 Å². The van der Waals surface area contributed by atoms with E-state index in [1.54, 1.807) is 6.08 Å². The van der Waals surface area contributed by atoms with E-state index in [1.165, 1.54) is 32.1 Å². The zero-order valence-corrected chi connectivity index (χ0v) is 12.7. The van der Waals surface area contributed by atoms with Gasteiger partial charge in [0.15, 0.2) is 0 Å². The molecule has 0 aromatic rings. The van der Waals surface area contributed by atoms with Crippen LogP contribution in [0.1, 0.15) is 57.8 Å². The Morgan fingerprint density at radius 3 is 2.24 bits per heavy atom. The Morgan fingerprint density at radius 1 is 1.00 bits per heavy atom. The molecule has 0 saturated heterocycles. The maximum absolute atomic E-state index is 12.3. The molecule has 1 unspecified atom stereocenters. The van der Waals surface area contributed by atoms with Gasteiger partial charge in [0.25, 0.3) is 0 Å². The molecule has 0 bridgehead atoms. The first-order valence-corrected chi connectivity index (χ1v) is 8.90. The number of alkyl halides is 3. The standard InChI is InChI=1S/C14H21F3O3S/c15-14(16,17)21(18,19)20-13-8-4-7-12(9-10-13)11-5-2-1-3-6-11/h10-12H,1-9H2. The lowest BCUT2D eigenvalue weighted by Gasteiger charge is -2.29. The molecule has 1 fully saturated rings. The highest BCUT2D eigenvalue weighted by Gasteiger charge is 2.48. The van der Waals surface area contributed by atoms with E-state index < -0.39 is 15.6 Å². The van der Waals surface area contributed by atoms with Crippen molar-refractivity contribution in [2.24, 2.45) is 11.8 Å². The minimum atomic E-state index is -5.52. The Hall–Kier alpha value is -0.720. The third kappa shape index (κ3) is 4.37. The minimum Gasteiger partial charge on any atom is -0.381 e. The van der Waals surface area contributed by atoms with Crippen LogP contribution in [0.3, 0.4) is 0 Å². The zero-order valence-electron chi connectivity index (χ0n) is 11.9. The molecular formula is C14H21F3O3S. The predicted octanol–water partition coefficient (Wildman–Crippen LogP) is 4.51. The largest absolute Gasteiger partial charge is 0.534 e. The summed E-state index contributed by atoms with van der Waals surface area (Å²) in [5.41, 5.74) is -5.36. The van der Waals surface area contributed by atoms with E-state index in [0.29, 0.717) is 24.7 Å². The third-order valence-electron chi connectivity index (χ3n) is 4.46. The van der Waals surface area contributed by atoms with Crippen molar-refractivity contribution >= 4 is 10.1 Å². The van der Waals surface area contributed by atoms with E-state index in [-0.39, 0.29) is 12.2 Å². The normalized spacial score (nSPS) is 26.0. The molecule has 0 N–H and O–H groups in total. The maximum Gasteiger partial charge on any atom is 0.534 e. The van der Waals surface area contributed by atoms with Gasteiger partial charge in [-0.15, -0.1) is 0 Å². The average Bonchev–Trinajstić information content (AvgIpc) is 2.63. The van der Waals surface area contributed by atoms with Gasteiger partial charge in [0.05, 0.1) is 0 Å². The highest BCUT2D eigenvalue weighted by atomic mass is 32.2. The minimum absolute atomic E-state index is 0.0503. The Labute approximate surface area is 123 Å². The lowest BCUT2D eigenvalue weighted by Crippen LogP contribution is -2.25. The van der Waals surface area contributed by atoms with Crippen molar-refractivity contribution in [1.29, 1.82) is 0 Å². The first-order chi connectivity index (χ1) is 9.79. The summed E-state index contributed by atoms with van der Waals surface area (Å²) >= 11 is 0. The van der Waals surface area contributed by atoms with Gasteiger partial charge in [0, 0.05) is 6.42 Å². The summed E-state index contributed by atoms with van der Waals surface area (Å²) < 4.78 is 63.3. The van der Waals surface area contributed by atoms with Crippen LogP contribution in [0.2, 0.25) is 0 Å². The molecule has 0 aromatic carbocycles. The third-order valence-corrected chi connectivity index (χ3v) is 5.46. The van der Waals surface area contributed by atoms with Crippen molar-refractivity contribution in [3.63, 3.8) is 0 Å². The van der Waals surface area contributed by atoms with Gasteiger partial charge >= 0.3 is 15.6 Å². The van der Waals surface area contributed by atoms with E-state index >= 15 is 0 Å². The molecule has 0 aliphatic heterocycles. The first kappa shape index (κ1) is 16.6. The van der Waals surface area contributed by atoms with Crippen LogP contribution in [0.5, 0.6) is 0 Å². The summed E-state index contributed by atoms with van der Waals surface area (Å²) in [6, 6.07) is 0. The Morgan fingerprint density at radius 2 is 1.62 bits per heavy atom. The van der Waals surface area contributed by atoms with E-state index in [2.05, 4.69) is 4.18 Å². The van der Waals surface area contributed by atoms with Crippen LogP contribution in [-0.4, -0.2) is 13.9 Å².